The largest absolute Gasteiger partial charge is 0.507 e. The van der Waals surface area contributed by atoms with Crippen LogP contribution in [-0.2, 0) is 16.1 Å². The highest BCUT2D eigenvalue weighted by molar-refractivity contribution is 6.46. The molecule has 32 heavy (non-hydrogen) atoms. The molecule has 0 radical (unpaired) electrons. The van der Waals surface area contributed by atoms with E-state index in [2.05, 4.69) is 4.98 Å². The second kappa shape index (κ2) is 8.76. The fourth-order valence-electron chi connectivity index (χ4n) is 3.82. The number of nitrogens with zero attached hydrogens (tertiary/aromatic N) is 2. The van der Waals surface area contributed by atoms with Crippen LogP contribution < -0.4 is 9.47 Å². The number of fused-ring (bicyclic) bond motifs is 1. The Bertz CT molecular complexity index is 1180. The van der Waals surface area contributed by atoms with E-state index in [4.69, 9.17) is 13.9 Å². The molecule has 0 bridgehead atoms. The van der Waals surface area contributed by atoms with Crippen molar-refractivity contribution in [2.45, 2.75) is 12.6 Å². The fraction of sp³-hybridized carbons (Fsp3) is 0.174. The first-order valence-corrected chi connectivity index (χ1v) is 9.74. The third-order valence-electron chi connectivity index (χ3n) is 5.24. The van der Waals surface area contributed by atoms with Crippen LogP contribution in [0, 0.1) is 0 Å². The summed E-state index contributed by atoms with van der Waals surface area (Å²) < 4.78 is 16.6. The van der Waals surface area contributed by atoms with Gasteiger partial charge in [0.15, 0.2) is 11.5 Å². The average molecular weight is 455 g/mol. The SMILES string of the molecule is Cl.O=C1C(=O)N(Cc2cccnc2)C(c2ccco2)C1=C(O)c1ccc2c(c1)OCCO2. The molecule has 4 heterocycles. The molecule has 1 aromatic carbocycles. The number of carbonyl (C=O) groups excluding carboxylic acids is 2. The van der Waals surface area contributed by atoms with Crippen LogP contribution in [0.2, 0.25) is 0 Å². The van der Waals surface area contributed by atoms with E-state index >= 15 is 0 Å². The number of halogens is 1. The van der Waals surface area contributed by atoms with Gasteiger partial charge in [-0.2, -0.15) is 0 Å². The predicted molar refractivity (Wildman–Crippen MR) is 115 cm³/mol. The van der Waals surface area contributed by atoms with Crippen LogP contribution in [0.15, 0.2) is 71.1 Å². The zero-order chi connectivity index (χ0) is 21.4. The first-order valence-electron chi connectivity index (χ1n) is 9.74. The van der Waals surface area contributed by atoms with Gasteiger partial charge in [-0.15, -0.1) is 12.4 Å². The second-order valence-electron chi connectivity index (χ2n) is 7.16. The molecule has 1 amide bonds. The van der Waals surface area contributed by atoms with Crippen molar-refractivity contribution in [2.24, 2.45) is 0 Å². The number of aliphatic hydroxyl groups is 1. The summed E-state index contributed by atoms with van der Waals surface area (Å²) in [6, 6.07) is 10.9. The van der Waals surface area contributed by atoms with E-state index in [9.17, 15) is 14.7 Å². The number of hydrogen-bond donors (Lipinski definition) is 1. The Morgan fingerprint density at radius 1 is 1.09 bits per heavy atom. The number of amides is 1. The number of furan rings is 1. The Morgan fingerprint density at radius 3 is 2.62 bits per heavy atom. The quantitative estimate of drug-likeness (QED) is 0.365. The Labute approximate surface area is 189 Å². The van der Waals surface area contributed by atoms with E-state index < -0.39 is 17.7 Å². The lowest BCUT2D eigenvalue weighted by Crippen LogP contribution is -2.29. The van der Waals surface area contributed by atoms with Crippen molar-refractivity contribution in [3.63, 3.8) is 0 Å². The van der Waals surface area contributed by atoms with Gasteiger partial charge in [0.05, 0.1) is 11.8 Å². The molecule has 0 aliphatic carbocycles. The molecule has 9 heteroatoms. The molecule has 164 valence electrons. The Kier molecular flexibility index (Phi) is 5.87. The van der Waals surface area contributed by atoms with Crippen LogP contribution in [0.1, 0.15) is 22.9 Å². The number of rotatable bonds is 4. The topological polar surface area (TPSA) is 102 Å². The van der Waals surface area contributed by atoms with Crippen molar-refractivity contribution in [2.75, 3.05) is 13.2 Å². The third-order valence-corrected chi connectivity index (χ3v) is 5.24. The van der Waals surface area contributed by atoms with Crippen molar-refractivity contribution < 1.29 is 28.6 Å². The van der Waals surface area contributed by atoms with Crippen LogP contribution in [0.25, 0.3) is 5.76 Å². The standard InChI is InChI=1S/C23H18N2O6.ClH/c26-21(15-5-6-16-18(11-15)31-10-9-30-16)19-20(17-4-2-8-29-17)25(23(28)22(19)27)13-14-3-1-7-24-12-14;/h1-8,11-12,20,26H,9-10,13H2;1H. The molecule has 1 unspecified atom stereocenters. The number of ketones is 1. The molecule has 1 N–H and O–H groups in total. The summed E-state index contributed by atoms with van der Waals surface area (Å²) in [7, 11) is 0. The number of aliphatic hydroxyl groups excluding tert-OH is 1. The summed E-state index contributed by atoms with van der Waals surface area (Å²) in [5, 5.41) is 11.1. The van der Waals surface area contributed by atoms with Gasteiger partial charge in [-0.05, 0) is 42.0 Å². The number of likely N-dealkylation sites (tertiary alicyclic amines) is 1. The second-order valence-corrected chi connectivity index (χ2v) is 7.16. The van der Waals surface area contributed by atoms with Crippen molar-refractivity contribution in [3.8, 4) is 11.5 Å². The van der Waals surface area contributed by atoms with Gasteiger partial charge in [-0.1, -0.05) is 6.07 Å². The van der Waals surface area contributed by atoms with E-state index in [1.807, 2.05) is 6.07 Å². The maximum atomic E-state index is 13.0. The highest BCUT2D eigenvalue weighted by atomic mass is 35.5. The molecular formula is C23H19ClN2O6. The number of Topliss-reactive ketones (excluding diaryl/α,β-unsaturated/α-hetero) is 1. The lowest BCUT2D eigenvalue weighted by Gasteiger charge is -2.23. The normalized spacial score (nSPS) is 19.0. The maximum Gasteiger partial charge on any atom is 0.296 e. The Balaban J connectivity index is 0.00000245. The summed E-state index contributed by atoms with van der Waals surface area (Å²) >= 11 is 0. The number of aromatic nitrogens is 1. The van der Waals surface area contributed by atoms with Gasteiger partial charge in [0.2, 0.25) is 0 Å². The zero-order valence-electron chi connectivity index (χ0n) is 16.8. The lowest BCUT2D eigenvalue weighted by atomic mass is 9.99. The smallest absolute Gasteiger partial charge is 0.296 e. The molecular weight excluding hydrogens is 436 g/mol. The molecule has 0 saturated carbocycles. The Morgan fingerprint density at radius 2 is 1.91 bits per heavy atom. The maximum absolute atomic E-state index is 13.0. The van der Waals surface area contributed by atoms with Gasteiger partial charge in [-0.3, -0.25) is 14.6 Å². The highest BCUT2D eigenvalue weighted by Gasteiger charge is 2.47. The Hall–Kier alpha value is -3.78. The number of hydrogen-bond acceptors (Lipinski definition) is 7. The van der Waals surface area contributed by atoms with Crippen molar-refractivity contribution in [1.29, 1.82) is 0 Å². The molecule has 1 fully saturated rings. The minimum atomic E-state index is -0.872. The van der Waals surface area contributed by atoms with Crippen molar-refractivity contribution in [1.82, 2.24) is 9.88 Å². The average Bonchev–Trinajstić information content (AvgIpc) is 3.42. The van der Waals surface area contributed by atoms with Crippen LogP contribution in [0.5, 0.6) is 11.5 Å². The minimum absolute atomic E-state index is 0. The number of ether oxygens (including phenoxy) is 2. The number of benzene rings is 1. The van der Waals surface area contributed by atoms with Crippen LogP contribution in [0.3, 0.4) is 0 Å². The van der Waals surface area contributed by atoms with Crippen LogP contribution >= 0.6 is 12.4 Å². The number of carbonyl (C=O) groups is 2. The van der Waals surface area contributed by atoms with Crippen molar-refractivity contribution in [3.05, 3.63) is 83.6 Å². The lowest BCUT2D eigenvalue weighted by molar-refractivity contribution is -0.140. The first-order chi connectivity index (χ1) is 15.1. The minimum Gasteiger partial charge on any atom is -0.507 e. The summed E-state index contributed by atoms with van der Waals surface area (Å²) in [5.41, 5.74) is 1.06. The number of pyridine rings is 1. The van der Waals surface area contributed by atoms with Gasteiger partial charge in [-0.25, -0.2) is 0 Å². The van der Waals surface area contributed by atoms with Crippen molar-refractivity contribution >= 4 is 29.9 Å². The van der Waals surface area contributed by atoms with E-state index in [0.717, 1.165) is 5.56 Å². The molecule has 2 aliphatic rings. The van der Waals surface area contributed by atoms with Crippen LogP contribution in [-0.4, -0.2) is 39.9 Å². The monoisotopic (exact) mass is 454 g/mol. The molecule has 0 spiro atoms. The molecule has 8 nitrogen and oxygen atoms in total. The van der Waals surface area contributed by atoms with Crippen LogP contribution in [0.4, 0.5) is 0 Å². The van der Waals surface area contributed by atoms with Gasteiger partial charge in [0.25, 0.3) is 11.7 Å². The van der Waals surface area contributed by atoms with Gasteiger partial charge < -0.3 is 23.9 Å². The van der Waals surface area contributed by atoms with Gasteiger partial charge in [0.1, 0.15) is 30.8 Å². The first kappa shape index (κ1) is 21.5. The molecule has 1 saturated heterocycles. The summed E-state index contributed by atoms with van der Waals surface area (Å²) in [6.45, 7) is 0.969. The summed E-state index contributed by atoms with van der Waals surface area (Å²) in [4.78, 5) is 31.4. The van der Waals surface area contributed by atoms with E-state index in [1.165, 1.54) is 11.2 Å². The molecule has 2 aromatic heterocycles. The third kappa shape index (κ3) is 3.69. The zero-order valence-corrected chi connectivity index (χ0v) is 17.6. The van der Waals surface area contributed by atoms with Gasteiger partial charge >= 0.3 is 0 Å². The molecule has 3 aromatic rings. The van der Waals surface area contributed by atoms with E-state index in [1.54, 1.807) is 48.8 Å². The fourth-order valence-corrected chi connectivity index (χ4v) is 3.82. The van der Waals surface area contributed by atoms with E-state index in [0.29, 0.717) is 36.0 Å². The summed E-state index contributed by atoms with van der Waals surface area (Å²) in [5.74, 6) is -0.397. The molecule has 2 aliphatic heterocycles. The molecule has 1 atom stereocenters. The summed E-state index contributed by atoms with van der Waals surface area (Å²) in [6.07, 6.45) is 4.71. The predicted octanol–water partition coefficient (Wildman–Crippen LogP) is 3.49. The van der Waals surface area contributed by atoms with Gasteiger partial charge in [0, 0.05) is 24.5 Å². The molecule has 5 rings (SSSR count). The highest BCUT2D eigenvalue weighted by Crippen LogP contribution is 2.41. The van der Waals surface area contributed by atoms with E-state index in [-0.39, 0.29) is 30.3 Å².